The fourth-order valence-corrected chi connectivity index (χ4v) is 3.40. The summed E-state index contributed by atoms with van der Waals surface area (Å²) >= 11 is 0. The van der Waals surface area contributed by atoms with Gasteiger partial charge in [0.25, 0.3) is 5.91 Å². The molecule has 5 nitrogen and oxygen atoms in total. The minimum atomic E-state index is -0.109. The normalized spacial score (nSPS) is 10.9. The Kier molecular flexibility index (Phi) is 12.9. The molecule has 0 saturated heterocycles. The van der Waals surface area contributed by atoms with Gasteiger partial charge in [-0.25, -0.2) is 0 Å². The second-order valence-electron chi connectivity index (χ2n) is 8.86. The lowest BCUT2D eigenvalue weighted by atomic mass is 10.1. The molecule has 1 aromatic carbocycles. The lowest BCUT2D eigenvalue weighted by molar-refractivity contribution is -0.116. The molecule has 0 aliphatic carbocycles. The lowest BCUT2D eigenvalue weighted by Crippen LogP contribution is -2.29. The third-order valence-corrected chi connectivity index (χ3v) is 5.19. The average Bonchev–Trinajstić information content (AvgIpc) is 2.70. The molecule has 0 aliphatic heterocycles. The number of carbonyl (C=O) groups excluding carboxylic acids is 2. The van der Waals surface area contributed by atoms with Crippen LogP contribution in [0, 0.1) is 5.92 Å². The van der Waals surface area contributed by atoms with E-state index in [0.29, 0.717) is 30.1 Å². The fourth-order valence-electron chi connectivity index (χ4n) is 3.40. The highest BCUT2D eigenvalue weighted by atomic mass is 16.2. The number of hydrogen-bond acceptors (Lipinski definition) is 3. The number of nitrogens with zero attached hydrogens (tertiary/aromatic N) is 1. The number of unbranched alkanes of at least 4 members (excludes halogenated alkanes) is 8. The number of rotatable bonds is 15. The molecule has 0 heterocycles. The van der Waals surface area contributed by atoms with Crippen molar-refractivity contribution < 1.29 is 9.59 Å². The van der Waals surface area contributed by atoms with Crippen LogP contribution in [0.3, 0.4) is 0 Å². The minimum absolute atomic E-state index is 0.0177. The van der Waals surface area contributed by atoms with Crippen molar-refractivity contribution in [3.63, 3.8) is 0 Å². The minimum Gasteiger partial charge on any atom is -0.377 e. The summed E-state index contributed by atoms with van der Waals surface area (Å²) < 4.78 is 0. The molecule has 0 fully saturated rings. The molecule has 2 N–H and O–H groups in total. The Morgan fingerprint density at radius 2 is 1.53 bits per heavy atom. The summed E-state index contributed by atoms with van der Waals surface area (Å²) in [6, 6.07) is 5.53. The molecule has 0 aromatic heterocycles. The van der Waals surface area contributed by atoms with Crippen molar-refractivity contribution in [1.82, 2.24) is 5.32 Å². The van der Waals surface area contributed by atoms with E-state index in [1.807, 2.05) is 31.1 Å². The number of carbonyl (C=O) groups is 2. The van der Waals surface area contributed by atoms with Crippen molar-refractivity contribution in [2.45, 2.75) is 85.0 Å². The van der Waals surface area contributed by atoms with Gasteiger partial charge < -0.3 is 15.5 Å². The molecule has 0 radical (unpaired) electrons. The second-order valence-corrected chi connectivity index (χ2v) is 8.86. The maximum atomic E-state index is 12.6. The van der Waals surface area contributed by atoms with Crippen molar-refractivity contribution >= 4 is 23.2 Å². The zero-order chi connectivity index (χ0) is 22.4. The van der Waals surface area contributed by atoms with Crippen LogP contribution in [0.15, 0.2) is 18.2 Å². The predicted molar refractivity (Wildman–Crippen MR) is 128 cm³/mol. The van der Waals surface area contributed by atoms with Gasteiger partial charge in [0.05, 0.1) is 5.56 Å². The highest BCUT2D eigenvalue weighted by Crippen LogP contribution is 2.23. The van der Waals surface area contributed by atoms with Crippen molar-refractivity contribution in [2.24, 2.45) is 5.92 Å². The van der Waals surface area contributed by atoms with E-state index in [0.717, 1.165) is 18.5 Å². The molecule has 0 aliphatic rings. The number of nitrogens with one attached hydrogen (secondary N) is 2. The summed E-state index contributed by atoms with van der Waals surface area (Å²) in [5, 5.41) is 5.92. The van der Waals surface area contributed by atoms with Crippen LogP contribution in [0.1, 0.15) is 95.3 Å². The second kappa shape index (κ2) is 14.9. The van der Waals surface area contributed by atoms with E-state index in [1.165, 1.54) is 44.9 Å². The number of amides is 2. The fraction of sp³-hybridized carbons (Fsp3) is 0.680. The molecule has 0 atom stereocenters. The first kappa shape index (κ1) is 26.0. The van der Waals surface area contributed by atoms with Gasteiger partial charge in [0.1, 0.15) is 0 Å². The highest BCUT2D eigenvalue weighted by molar-refractivity contribution is 6.02. The Morgan fingerprint density at radius 3 is 2.10 bits per heavy atom. The van der Waals surface area contributed by atoms with Gasteiger partial charge in [0.2, 0.25) is 5.91 Å². The lowest BCUT2D eigenvalue weighted by Gasteiger charge is -2.19. The van der Waals surface area contributed by atoms with Crippen molar-refractivity contribution in [1.29, 1.82) is 0 Å². The summed E-state index contributed by atoms with van der Waals surface area (Å²) in [4.78, 5) is 26.8. The van der Waals surface area contributed by atoms with Crippen LogP contribution in [-0.4, -0.2) is 32.5 Å². The molecule has 1 rings (SSSR count). The van der Waals surface area contributed by atoms with Crippen LogP contribution < -0.4 is 15.5 Å². The molecule has 170 valence electrons. The first-order valence-corrected chi connectivity index (χ1v) is 11.7. The Morgan fingerprint density at radius 1 is 0.933 bits per heavy atom. The van der Waals surface area contributed by atoms with Crippen LogP contribution in [0.2, 0.25) is 0 Å². The molecule has 1 aromatic rings. The van der Waals surface area contributed by atoms with Gasteiger partial charge in [-0.3, -0.25) is 9.59 Å². The molecule has 0 saturated carbocycles. The molecular formula is C25H43N3O2. The van der Waals surface area contributed by atoms with Crippen LogP contribution in [0.4, 0.5) is 11.4 Å². The molecule has 30 heavy (non-hydrogen) atoms. The summed E-state index contributed by atoms with van der Waals surface area (Å²) in [6.07, 6.45) is 11.7. The number of anilines is 2. The van der Waals surface area contributed by atoms with Gasteiger partial charge in [0, 0.05) is 38.4 Å². The van der Waals surface area contributed by atoms with Gasteiger partial charge in [-0.1, -0.05) is 72.1 Å². The Bertz CT molecular complexity index is 641. The first-order chi connectivity index (χ1) is 14.3. The SMILES string of the molecule is CCCCCCCCCCCC(=O)Nc1ccc(N(C)C)c(C(=O)NCC(C)C)c1. The van der Waals surface area contributed by atoms with Crippen LogP contribution in [0.25, 0.3) is 0 Å². The van der Waals surface area contributed by atoms with E-state index in [2.05, 4.69) is 31.4 Å². The third kappa shape index (κ3) is 10.7. The Labute approximate surface area is 184 Å². The van der Waals surface area contributed by atoms with Crippen molar-refractivity contribution in [3.05, 3.63) is 23.8 Å². The summed E-state index contributed by atoms with van der Waals surface area (Å²) in [7, 11) is 3.83. The zero-order valence-electron chi connectivity index (χ0n) is 19.9. The van der Waals surface area contributed by atoms with Crippen molar-refractivity contribution in [2.75, 3.05) is 30.9 Å². The molecule has 2 amide bonds. The van der Waals surface area contributed by atoms with E-state index in [-0.39, 0.29) is 11.8 Å². The van der Waals surface area contributed by atoms with Gasteiger partial charge in [0.15, 0.2) is 0 Å². The molecular weight excluding hydrogens is 374 g/mol. The first-order valence-electron chi connectivity index (χ1n) is 11.7. The molecule has 5 heteroatoms. The van der Waals surface area contributed by atoms with E-state index in [4.69, 9.17) is 0 Å². The number of benzene rings is 1. The van der Waals surface area contributed by atoms with Crippen LogP contribution >= 0.6 is 0 Å². The standard InChI is InChI=1S/C25H43N3O2/c1-6-7-8-9-10-11-12-13-14-15-24(29)27-21-16-17-23(28(4)5)22(18-21)25(30)26-19-20(2)3/h16-18,20H,6-15,19H2,1-5H3,(H,26,30)(H,27,29). The van der Waals surface area contributed by atoms with Gasteiger partial charge in [-0.2, -0.15) is 0 Å². The largest absolute Gasteiger partial charge is 0.377 e. The average molecular weight is 418 g/mol. The zero-order valence-corrected chi connectivity index (χ0v) is 19.9. The monoisotopic (exact) mass is 417 g/mol. The van der Waals surface area contributed by atoms with Gasteiger partial charge in [-0.05, 0) is 30.5 Å². The van der Waals surface area contributed by atoms with Crippen LogP contribution in [0.5, 0.6) is 0 Å². The third-order valence-electron chi connectivity index (χ3n) is 5.19. The molecule has 0 unspecified atom stereocenters. The highest BCUT2D eigenvalue weighted by Gasteiger charge is 2.15. The Balaban J connectivity index is 2.47. The maximum absolute atomic E-state index is 12.6. The van der Waals surface area contributed by atoms with E-state index in [1.54, 1.807) is 6.07 Å². The molecule has 0 spiro atoms. The molecule has 0 bridgehead atoms. The van der Waals surface area contributed by atoms with Crippen molar-refractivity contribution in [3.8, 4) is 0 Å². The van der Waals surface area contributed by atoms with E-state index >= 15 is 0 Å². The number of hydrogen-bond donors (Lipinski definition) is 2. The summed E-state index contributed by atoms with van der Waals surface area (Å²) in [5.41, 5.74) is 2.10. The van der Waals surface area contributed by atoms with Gasteiger partial charge in [-0.15, -0.1) is 0 Å². The summed E-state index contributed by atoms with van der Waals surface area (Å²) in [6.45, 7) is 7.00. The van der Waals surface area contributed by atoms with E-state index in [9.17, 15) is 9.59 Å². The predicted octanol–water partition coefficient (Wildman–Crippen LogP) is 6.00. The Hall–Kier alpha value is -2.04. The maximum Gasteiger partial charge on any atom is 0.253 e. The van der Waals surface area contributed by atoms with E-state index < -0.39 is 0 Å². The van der Waals surface area contributed by atoms with Gasteiger partial charge >= 0.3 is 0 Å². The van der Waals surface area contributed by atoms with Crippen LogP contribution in [-0.2, 0) is 4.79 Å². The smallest absolute Gasteiger partial charge is 0.253 e. The topological polar surface area (TPSA) is 61.4 Å². The summed E-state index contributed by atoms with van der Waals surface area (Å²) in [5.74, 6) is 0.294. The quantitative estimate of drug-likeness (QED) is 0.344.